The standard InChI is InChI=1S/C51H31N3O2/c1-4-12-32(13-5-1)33-20-22-34(23-21-33)39-27-28-40(48-47(39)42-18-10-11-19-44(42)56-48)37-25-29-45-43(30-37)41-26-24-38(31-46(41)55-45)51-53-49(35-14-6-2-7-15-35)52-50(54-51)36-16-8-3-9-17-36/h1-31H. The third-order valence-electron chi connectivity index (χ3n) is 10.6. The second kappa shape index (κ2) is 13.0. The van der Waals surface area contributed by atoms with Crippen LogP contribution in [0.2, 0.25) is 0 Å². The van der Waals surface area contributed by atoms with Gasteiger partial charge in [0.2, 0.25) is 0 Å². The van der Waals surface area contributed by atoms with E-state index in [0.717, 1.165) is 82.8 Å². The summed E-state index contributed by atoms with van der Waals surface area (Å²) in [5.41, 5.74) is 12.8. The largest absolute Gasteiger partial charge is 0.456 e. The Morgan fingerprint density at radius 3 is 1.50 bits per heavy atom. The second-order valence-electron chi connectivity index (χ2n) is 14.0. The molecule has 0 radical (unpaired) electrons. The maximum absolute atomic E-state index is 6.68. The number of aromatic nitrogens is 3. The zero-order chi connectivity index (χ0) is 37.0. The minimum Gasteiger partial charge on any atom is -0.456 e. The van der Waals surface area contributed by atoms with Crippen LogP contribution in [0.25, 0.3) is 111 Å². The Balaban J connectivity index is 1.01. The lowest BCUT2D eigenvalue weighted by Crippen LogP contribution is -2.00. The molecule has 5 heteroatoms. The van der Waals surface area contributed by atoms with Crippen LogP contribution in [-0.4, -0.2) is 15.0 Å². The van der Waals surface area contributed by atoms with E-state index in [0.29, 0.717) is 17.5 Å². The minimum atomic E-state index is 0.586. The van der Waals surface area contributed by atoms with Crippen LogP contribution in [0.5, 0.6) is 0 Å². The summed E-state index contributed by atoms with van der Waals surface area (Å²) in [5.74, 6) is 1.83. The van der Waals surface area contributed by atoms with Crippen LogP contribution in [0.15, 0.2) is 197 Å². The topological polar surface area (TPSA) is 65.0 Å². The van der Waals surface area contributed by atoms with E-state index >= 15 is 0 Å². The van der Waals surface area contributed by atoms with E-state index < -0.39 is 0 Å². The van der Waals surface area contributed by atoms with Crippen LogP contribution in [-0.2, 0) is 0 Å². The molecular formula is C51H31N3O2. The molecule has 0 fully saturated rings. The van der Waals surface area contributed by atoms with Gasteiger partial charge in [-0.25, -0.2) is 15.0 Å². The van der Waals surface area contributed by atoms with Crippen molar-refractivity contribution < 1.29 is 8.83 Å². The predicted octanol–water partition coefficient (Wildman–Crippen LogP) is 13.7. The highest BCUT2D eigenvalue weighted by Gasteiger charge is 2.19. The fourth-order valence-electron chi connectivity index (χ4n) is 7.79. The van der Waals surface area contributed by atoms with Gasteiger partial charge in [0, 0.05) is 43.8 Å². The molecule has 5 nitrogen and oxygen atoms in total. The highest BCUT2D eigenvalue weighted by molar-refractivity contribution is 6.17. The monoisotopic (exact) mass is 717 g/mol. The maximum Gasteiger partial charge on any atom is 0.164 e. The van der Waals surface area contributed by atoms with Gasteiger partial charge in [0.25, 0.3) is 0 Å². The molecule has 0 N–H and O–H groups in total. The second-order valence-corrected chi connectivity index (χ2v) is 14.0. The molecule has 56 heavy (non-hydrogen) atoms. The van der Waals surface area contributed by atoms with Gasteiger partial charge in [-0.1, -0.05) is 152 Å². The Hall–Kier alpha value is -7.63. The molecule has 3 aromatic heterocycles. The van der Waals surface area contributed by atoms with Gasteiger partial charge in [-0.2, -0.15) is 0 Å². The first-order valence-corrected chi connectivity index (χ1v) is 18.7. The van der Waals surface area contributed by atoms with Gasteiger partial charge in [-0.15, -0.1) is 0 Å². The SMILES string of the molecule is c1ccc(-c2ccc(-c3ccc(-c4ccc5oc6cc(-c7nc(-c8ccccc8)nc(-c8ccccc8)n7)ccc6c5c4)c4oc5ccccc5c34)cc2)cc1. The fourth-order valence-corrected chi connectivity index (χ4v) is 7.79. The Bertz CT molecular complexity index is 3170. The average Bonchev–Trinajstić information content (AvgIpc) is 3.85. The molecule has 0 aliphatic rings. The van der Waals surface area contributed by atoms with Crippen LogP contribution < -0.4 is 0 Å². The van der Waals surface area contributed by atoms with E-state index in [2.05, 4.69) is 103 Å². The molecule has 262 valence electrons. The molecule has 0 aliphatic carbocycles. The van der Waals surface area contributed by atoms with Crippen LogP contribution in [0, 0.1) is 0 Å². The van der Waals surface area contributed by atoms with Crippen molar-refractivity contribution in [2.24, 2.45) is 0 Å². The van der Waals surface area contributed by atoms with Crippen molar-refractivity contribution in [3.05, 3.63) is 188 Å². The van der Waals surface area contributed by atoms with E-state index in [9.17, 15) is 0 Å². The number of rotatable bonds is 6. The Morgan fingerprint density at radius 1 is 0.286 bits per heavy atom. The van der Waals surface area contributed by atoms with Crippen molar-refractivity contribution in [1.29, 1.82) is 0 Å². The van der Waals surface area contributed by atoms with Crippen molar-refractivity contribution >= 4 is 43.9 Å². The summed E-state index contributed by atoms with van der Waals surface area (Å²) < 4.78 is 13.2. The first-order valence-electron chi connectivity index (χ1n) is 18.7. The predicted molar refractivity (Wildman–Crippen MR) is 227 cm³/mol. The van der Waals surface area contributed by atoms with Crippen LogP contribution in [0.4, 0.5) is 0 Å². The van der Waals surface area contributed by atoms with Crippen molar-refractivity contribution in [3.8, 4) is 67.5 Å². The van der Waals surface area contributed by atoms with Crippen LogP contribution >= 0.6 is 0 Å². The van der Waals surface area contributed by atoms with Gasteiger partial charge in [0.05, 0.1) is 0 Å². The normalized spacial score (nSPS) is 11.6. The molecule has 0 bridgehead atoms. The van der Waals surface area contributed by atoms with Crippen molar-refractivity contribution in [1.82, 2.24) is 15.0 Å². The fraction of sp³-hybridized carbons (Fsp3) is 0. The summed E-state index contributed by atoms with van der Waals surface area (Å²) in [4.78, 5) is 14.7. The molecule has 8 aromatic carbocycles. The number of benzene rings is 8. The number of para-hydroxylation sites is 1. The minimum absolute atomic E-state index is 0.586. The van der Waals surface area contributed by atoms with Crippen LogP contribution in [0.3, 0.4) is 0 Å². The number of nitrogens with zero attached hydrogens (tertiary/aromatic N) is 3. The van der Waals surface area contributed by atoms with Crippen molar-refractivity contribution in [2.45, 2.75) is 0 Å². The third kappa shape index (κ3) is 5.45. The molecule has 11 rings (SSSR count). The summed E-state index contributed by atoms with van der Waals surface area (Å²) in [5, 5.41) is 4.24. The molecule has 0 saturated heterocycles. The lowest BCUT2D eigenvalue weighted by atomic mass is 9.93. The lowest BCUT2D eigenvalue weighted by molar-refractivity contribution is 0.668. The molecule has 0 aliphatic heterocycles. The van der Waals surface area contributed by atoms with Gasteiger partial charge in [-0.3, -0.25) is 0 Å². The zero-order valence-electron chi connectivity index (χ0n) is 30.1. The van der Waals surface area contributed by atoms with E-state index in [1.54, 1.807) is 0 Å². The summed E-state index contributed by atoms with van der Waals surface area (Å²) in [6.07, 6.45) is 0. The molecule has 0 spiro atoms. The first-order chi connectivity index (χ1) is 27.7. The zero-order valence-corrected chi connectivity index (χ0v) is 30.1. The van der Waals surface area contributed by atoms with E-state index in [-0.39, 0.29) is 0 Å². The molecule has 0 atom stereocenters. The lowest BCUT2D eigenvalue weighted by Gasteiger charge is -2.10. The van der Waals surface area contributed by atoms with Gasteiger partial charge < -0.3 is 8.83 Å². The number of hydrogen-bond acceptors (Lipinski definition) is 5. The highest BCUT2D eigenvalue weighted by atomic mass is 16.3. The molecule has 11 aromatic rings. The smallest absolute Gasteiger partial charge is 0.164 e. The van der Waals surface area contributed by atoms with Gasteiger partial charge in [0.15, 0.2) is 17.5 Å². The highest BCUT2D eigenvalue weighted by Crippen LogP contribution is 2.43. The summed E-state index contributed by atoms with van der Waals surface area (Å²) in [7, 11) is 0. The molecule has 0 saturated carbocycles. The molecule has 3 heterocycles. The van der Waals surface area contributed by atoms with Crippen LogP contribution in [0.1, 0.15) is 0 Å². The number of hydrogen-bond donors (Lipinski definition) is 0. The Labute approximate surface area is 322 Å². The molecule has 0 amide bonds. The quantitative estimate of drug-likeness (QED) is 0.171. The molecular weight excluding hydrogens is 687 g/mol. The maximum atomic E-state index is 6.68. The number of furan rings is 2. The Kier molecular flexibility index (Phi) is 7.42. The Morgan fingerprint density at radius 2 is 0.804 bits per heavy atom. The van der Waals surface area contributed by atoms with Gasteiger partial charge in [-0.05, 0) is 64.2 Å². The third-order valence-corrected chi connectivity index (χ3v) is 10.6. The van der Waals surface area contributed by atoms with Gasteiger partial charge >= 0.3 is 0 Å². The molecule has 0 unspecified atom stereocenters. The summed E-state index contributed by atoms with van der Waals surface area (Å²) >= 11 is 0. The first kappa shape index (κ1) is 31.9. The van der Waals surface area contributed by atoms with Gasteiger partial charge in [0.1, 0.15) is 22.3 Å². The van der Waals surface area contributed by atoms with Crippen molar-refractivity contribution in [3.63, 3.8) is 0 Å². The van der Waals surface area contributed by atoms with E-state index in [1.165, 1.54) is 11.1 Å². The van der Waals surface area contributed by atoms with E-state index in [1.807, 2.05) is 84.9 Å². The summed E-state index contributed by atoms with van der Waals surface area (Å²) in [6.45, 7) is 0. The van der Waals surface area contributed by atoms with E-state index in [4.69, 9.17) is 23.8 Å². The number of fused-ring (bicyclic) bond motifs is 6. The summed E-state index contributed by atoms with van der Waals surface area (Å²) in [6, 6.07) is 64.6. The van der Waals surface area contributed by atoms with Crippen molar-refractivity contribution in [2.75, 3.05) is 0 Å². The average molecular weight is 718 g/mol.